The second-order valence-corrected chi connectivity index (χ2v) is 15.6. The van der Waals surface area contributed by atoms with Crippen LogP contribution in [-0.2, 0) is 0 Å². The fraction of sp³-hybridized carbons (Fsp3) is 0. The SMILES string of the molecule is c1ccc(-c2ccc3c(c2)c2cc(-c4ccccc4)cc(-c4ccccc4)c2n3-c2cccc3c2oc2c(-c4nc(-c5ccccc5)nc(-c5ccccc5)n4)cccc23)cc1. The van der Waals surface area contributed by atoms with Gasteiger partial charge in [0.1, 0.15) is 5.58 Å². The molecule has 0 N–H and O–H groups in total. The van der Waals surface area contributed by atoms with Gasteiger partial charge in [0.2, 0.25) is 0 Å². The number of nitrogens with zero attached hydrogens (tertiary/aromatic N) is 4. The first-order valence-corrected chi connectivity index (χ1v) is 20.9. The van der Waals surface area contributed by atoms with Crippen LogP contribution in [0.25, 0.3) is 117 Å². The van der Waals surface area contributed by atoms with E-state index in [4.69, 9.17) is 19.4 Å². The van der Waals surface area contributed by atoms with E-state index >= 15 is 0 Å². The molecule has 12 rings (SSSR count). The fourth-order valence-electron chi connectivity index (χ4n) is 8.93. The van der Waals surface area contributed by atoms with E-state index in [1.807, 2.05) is 66.7 Å². The Kier molecular flexibility index (Phi) is 8.42. The summed E-state index contributed by atoms with van der Waals surface area (Å²) in [4.78, 5) is 15.2. The highest BCUT2D eigenvalue weighted by Gasteiger charge is 2.24. The maximum Gasteiger partial charge on any atom is 0.167 e. The van der Waals surface area contributed by atoms with Crippen LogP contribution in [0.5, 0.6) is 0 Å². The normalized spacial score (nSPS) is 11.5. The molecule has 5 nitrogen and oxygen atoms in total. The summed E-state index contributed by atoms with van der Waals surface area (Å²) in [5, 5.41) is 4.33. The quantitative estimate of drug-likeness (QED) is 0.161. The van der Waals surface area contributed by atoms with Gasteiger partial charge in [-0.1, -0.05) is 182 Å². The minimum atomic E-state index is 0.550. The second kappa shape index (κ2) is 14.7. The van der Waals surface area contributed by atoms with Crippen molar-refractivity contribution in [1.29, 1.82) is 0 Å². The van der Waals surface area contributed by atoms with Gasteiger partial charge in [-0.05, 0) is 64.2 Å². The predicted molar refractivity (Wildman–Crippen MR) is 254 cm³/mol. The lowest BCUT2D eigenvalue weighted by atomic mass is 9.95. The first kappa shape index (κ1) is 35.5. The van der Waals surface area contributed by atoms with Gasteiger partial charge in [0.15, 0.2) is 23.1 Å². The minimum absolute atomic E-state index is 0.550. The average Bonchev–Trinajstić information content (AvgIpc) is 3.91. The summed E-state index contributed by atoms with van der Waals surface area (Å²) in [7, 11) is 0. The third-order valence-corrected chi connectivity index (χ3v) is 11.8. The Morgan fingerprint density at radius 3 is 1.42 bits per heavy atom. The summed E-state index contributed by atoms with van der Waals surface area (Å²) in [5.41, 5.74) is 14.2. The summed E-state index contributed by atoms with van der Waals surface area (Å²) < 4.78 is 9.60. The van der Waals surface area contributed by atoms with Crippen molar-refractivity contribution >= 4 is 43.7 Å². The molecule has 5 heteroatoms. The molecule has 290 valence electrons. The number of fused-ring (bicyclic) bond motifs is 6. The Balaban J connectivity index is 1.15. The first-order chi connectivity index (χ1) is 30.7. The minimum Gasteiger partial charge on any atom is -0.453 e. The zero-order valence-electron chi connectivity index (χ0n) is 33.5. The number of benzene rings is 9. The highest BCUT2D eigenvalue weighted by molar-refractivity contribution is 6.18. The van der Waals surface area contributed by atoms with Gasteiger partial charge in [0.25, 0.3) is 0 Å². The second-order valence-electron chi connectivity index (χ2n) is 15.6. The van der Waals surface area contributed by atoms with Crippen LogP contribution in [0.1, 0.15) is 0 Å². The van der Waals surface area contributed by atoms with Crippen molar-refractivity contribution in [3.63, 3.8) is 0 Å². The Morgan fingerprint density at radius 1 is 0.306 bits per heavy atom. The Hall–Kier alpha value is -8.41. The topological polar surface area (TPSA) is 56.7 Å². The Labute approximate surface area is 357 Å². The number of aromatic nitrogens is 4. The van der Waals surface area contributed by atoms with Gasteiger partial charge in [-0.15, -0.1) is 0 Å². The number of hydrogen-bond acceptors (Lipinski definition) is 4. The van der Waals surface area contributed by atoms with Crippen molar-refractivity contribution in [2.75, 3.05) is 0 Å². The first-order valence-electron chi connectivity index (χ1n) is 20.9. The molecule has 0 radical (unpaired) electrons. The van der Waals surface area contributed by atoms with Gasteiger partial charge < -0.3 is 8.98 Å². The molecule has 0 saturated heterocycles. The van der Waals surface area contributed by atoms with E-state index in [0.717, 1.165) is 83.0 Å². The fourth-order valence-corrected chi connectivity index (χ4v) is 8.93. The third-order valence-electron chi connectivity index (χ3n) is 11.8. The largest absolute Gasteiger partial charge is 0.453 e. The van der Waals surface area contributed by atoms with E-state index in [1.165, 1.54) is 16.5 Å². The maximum atomic E-state index is 7.19. The lowest BCUT2D eigenvalue weighted by molar-refractivity contribution is 0.667. The van der Waals surface area contributed by atoms with Gasteiger partial charge in [-0.25, -0.2) is 15.0 Å². The standard InChI is InChI=1S/C57H36N4O/c1-6-18-37(19-7-1)42-32-33-50-48(34-42)49-36-43(38-20-8-2-9-21-38)35-47(39-22-10-3-11-23-39)52(49)61(50)51-31-17-29-45-44-28-16-30-46(53(44)62-54(45)51)57-59-55(40-24-12-4-13-25-40)58-56(60-57)41-26-14-5-15-27-41/h1-36H. The molecule has 3 heterocycles. The third kappa shape index (κ3) is 5.98. The molecule has 0 spiro atoms. The maximum absolute atomic E-state index is 7.19. The average molecular weight is 793 g/mol. The molecule has 0 saturated carbocycles. The molecule has 12 aromatic rings. The molecule has 0 bridgehead atoms. The summed E-state index contributed by atoms with van der Waals surface area (Å²) in [6, 6.07) is 76.4. The highest BCUT2D eigenvalue weighted by Crippen LogP contribution is 2.45. The lowest BCUT2D eigenvalue weighted by Gasteiger charge is -2.14. The molecule has 62 heavy (non-hydrogen) atoms. The van der Waals surface area contributed by atoms with Gasteiger partial charge in [-0.2, -0.15) is 0 Å². The van der Waals surface area contributed by atoms with Crippen LogP contribution in [0.4, 0.5) is 0 Å². The van der Waals surface area contributed by atoms with Crippen LogP contribution < -0.4 is 0 Å². The molecule has 0 aliphatic carbocycles. The van der Waals surface area contributed by atoms with Crippen LogP contribution >= 0.6 is 0 Å². The lowest BCUT2D eigenvalue weighted by Crippen LogP contribution is -2.00. The van der Waals surface area contributed by atoms with Crippen LogP contribution in [0.3, 0.4) is 0 Å². The molecular formula is C57H36N4O. The van der Waals surface area contributed by atoms with Crippen molar-refractivity contribution in [3.8, 4) is 73.2 Å². The van der Waals surface area contributed by atoms with E-state index in [0.29, 0.717) is 17.5 Å². The number of rotatable bonds is 7. The Morgan fingerprint density at radius 2 is 0.806 bits per heavy atom. The molecule has 3 aromatic heterocycles. The highest BCUT2D eigenvalue weighted by atomic mass is 16.3. The van der Waals surface area contributed by atoms with E-state index in [1.54, 1.807) is 0 Å². The van der Waals surface area contributed by atoms with Crippen LogP contribution in [0.2, 0.25) is 0 Å². The van der Waals surface area contributed by atoms with Crippen molar-refractivity contribution in [3.05, 3.63) is 218 Å². The summed E-state index contributed by atoms with van der Waals surface area (Å²) in [6.07, 6.45) is 0. The van der Waals surface area contributed by atoms with Crippen molar-refractivity contribution in [2.24, 2.45) is 0 Å². The summed E-state index contributed by atoms with van der Waals surface area (Å²) >= 11 is 0. The van der Waals surface area contributed by atoms with Gasteiger partial charge in [-0.3, -0.25) is 0 Å². The summed E-state index contributed by atoms with van der Waals surface area (Å²) in [6.45, 7) is 0. The van der Waals surface area contributed by atoms with Crippen molar-refractivity contribution in [2.45, 2.75) is 0 Å². The molecule has 0 aliphatic rings. The van der Waals surface area contributed by atoms with Crippen LogP contribution in [0, 0.1) is 0 Å². The van der Waals surface area contributed by atoms with E-state index in [2.05, 4.69) is 156 Å². The molecule has 0 aliphatic heterocycles. The van der Waals surface area contributed by atoms with Gasteiger partial charge in [0.05, 0.1) is 22.3 Å². The van der Waals surface area contributed by atoms with Gasteiger partial charge >= 0.3 is 0 Å². The van der Waals surface area contributed by atoms with E-state index in [9.17, 15) is 0 Å². The Bertz CT molecular complexity index is 3540. The van der Waals surface area contributed by atoms with E-state index in [-0.39, 0.29) is 0 Å². The van der Waals surface area contributed by atoms with Crippen molar-refractivity contribution in [1.82, 2.24) is 19.5 Å². The van der Waals surface area contributed by atoms with Gasteiger partial charge in [0, 0.05) is 38.2 Å². The zero-order chi connectivity index (χ0) is 41.0. The van der Waals surface area contributed by atoms with Crippen LogP contribution in [0.15, 0.2) is 223 Å². The molecule has 0 fully saturated rings. The summed E-state index contributed by atoms with van der Waals surface area (Å²) in [5.74, 6) is 1.76. The molecule has 9 aromatic carbocycles. The van der Waals surface area contributed by atoms with Crippen molar-refractivity contribution < 1.29 is 4.42 Å². The molecule has 0 unspecified atom stereocenters. The number of furan rings is 1. The molecule has 0 amide bonds. The predicted octanol–water partition coefficient (Wildman–Crippen LogP) is 14.9. The van der Waals surface area contributed by atoms with E-state index < -0.39 is 0 Å². The molecule has 0 atom stereocenters. The number of hydrogen-bond donors (Lipinski definition) is 0. The number of para-hydroxylation sites is 2. The smallest absolute Gasteiger partial charge is 0.167 e. The molecular weight excluding hydrogens is 757 g/mol. The monoisotopic (exact) mass is 792 g/mol. The van der Waals surface area contributed by atoms with Crippen LogP contribution in [-0.4, -0.2) is 19.5 Å². The zero-order valence-corrected chi connectivity index (χ0v) is 33.5.